The molecule has 1 unspecified atom stereocenters. The van der Waals surface area contributed by atoms with Gasteiger partial charge < -0.3 is 15.2 Å². The number of rotatable bonds is 4. The summed E-state index contributed by atoms with van der Waals surface area (Å²) < 4.78 is 37.1. The molecule has 14 heavy (non-hydrogen) atoms. The molecule has 1 atom stereocenters. The number of hydrogen-bond donors (Lipinski definition) is 1. The molecule has 0 amide bonds. The van der Waals surface area contributed by atoms with Crippen LogP contribution >= 0.6 is 0 Å². The van der Waals surface area contributed by atoms with Crippen molar-refractivity contribution >= 4 is 0 Å². The van der Waals surface area contributed by atoms with Gasteiger partial charge in [-0.15, -0.1) is 0 Å². The smallest absolute Gasteiger partial charge is 0.290 e. The first-order valence-electron chi connectivity index (χ1n) is 4.79. The van der Waals surface area contributed by atoms with E-state index in [4.69, 9.17) is 15.2 Å². The molecule has 0 aromatic heterocycles. The second-order valence-corrected chi connectivity index (χ2v) is 3.64. The molecule has 2 N–H and O–H groups in total. The minimum atomic E-state index is -3.01. The summed E-state index contributed by atoms with van der Waals surface area (Å²) >= 11 is 0. The zero-order chi connectivity index (χ0) is 10.7. The van der Waals surface area contributed by atoms with E-state index in [0.717, 1.165) is 12.8 Å². The van der Waals surface area contributed by atoms with Gasteiger partial charge in [-0.25, -0.2) is 8.78 Å². The Bertz CT molecular complexity index is 176. The topological polar surface area (TPSA) is 44.5 Å². The average molecular weight is 209 g/mol. The maximum absolute atomic E-state index is 13.6. The van der Waals surface area contributed by atoms with E-state index in [-0.39, 0.29) is 6.61 Å². The third kappa shape index (κ3) is 2.04. The normalized spacial score (nSPS) is 29.1. The standard InChI is InChI=1S/C9H17F2NO2/c1-13-7-8(9(10,11)6-12)4-2-3-5-14-8/h2-7,12H2,1H3. The van der Waals surface area contributed by atoms with Gasteiger partial charge in [-0.2, -0.15) is 0 Å². The lowest BCUT2D eigenvalue weighted by Gasteiger charge is -2.41. The molecule has 1 saturated heterocycles. The van der Waals surface area contributed by atoms with Gasteiger partial charge in [0.1, 0.15) is 0 Å². The summed E-state index contributed by atoms with van der Waals surface area (Å²) in [7, 11) is 1.40. The highest BCUT2D eigenvalue weighted by Gasteiger charge is 2.54. The Labute approximate surface area is 82.6 Å². The second kappa shape index (κ2) is 4.51. The Kier molecular flexibility index (Phi) is 3.80. The molecule has 3 nitrogen and oxygen atoms in total. The van der Waals surface area contributed by atoms with Crippen molar-refractivity contribution in [1.82, 2.24) is 0 Å². The van der Waals surface area contributed by atoms with Crippen LogP contribution in [0.4, 0.5) is 8.78 Å². The molecular formula is C9H17F2NO2. The van der Waals surface area contributed by atoms with Crippen LogP contribution in [0.25, 0.3) is 0 Å². The third-order valence-electron chi connectivity index (χ3n) is 2.65. The molecule has 0 spiro atoms. The lowest BCUT2D eigenvalue weighted by molar-refractivity contribution is -0.239. The monoisotopic (exact) mass is 209 g/mol. The minimum Gasteiger partial charge on any atom is -0.381 e. The largest absolute Gasteiger partial charge is 0.381 e. The van der Waals surface area contributed by atoms with Gasteiger partial charge >= 0.3 is 0 Å². The van der Waals surface area contributed by atoms with Crippen LogP contribution in [0, 0.1) is 0 Å². The summed E-state index contributed by atoms with van der Waals surface area (Å²) in [4.78, 5) is 0. The van der Waals surface area contributed by atoms with Crippen LogP contribution in [0.3, 0.4) is 0 Å². The molecule has 5 heteroatoms. The summed E-state index contributed by atoms with van der Waals surface area (Å²) in [5, 5.41) is 0. The highest BCUT2D eigenvalue weighted by molar-refractivity contribution is 4.97. The van der Waals surface area contributed by atoms with Crippen molar-refractivity contribution in [1.29, 1.82) is 0 Å². The summed E-state index contributed by atoms with van der Waals surface area (Å²) in [6.07, 6.45) is 1.87. The highest BCUT2D eigenvalue weighted by Crippen LogP contribution is 2.38. The molecule has 0 aromatic carbocycles. The van der Waals surface area contributed by atoms with Crippen molar-refractivity contribution in [2.75, 3.05) is 26.9 Å². The van der Waals surface area contributed by atoms with Crippen molar-refractivity contribution in [3.8, 4) is 0 Å². The molecule has 0 saturated carbocycles. The first-order valence-corrected chi connectivity index (χ1v) is 4.79. The van der Waals surface area contributed by atoms with Gasteiger partial charge in [0.15, 0.2) is 5.60 Å². The maximum atomic E-state index is 13.6. The number of alkyl halides is 2. The van der Waals surface area contributed by atoms with Gasteiger partial charge in [-0.1, -0.05) is 0 Å². The molecule has 0 aliphatic carbocycles. The highest BCUT2D eigenvalue weighted by atomic mass is 19.3. The van der Waals surface area contributed by atoms with Crippen LogP contribution < -0.4 is 5.73 Å². The molecule has 0 aromatic rings. The minimum absolute atomic E-state index is 0.100. The Morgan fingerprint density at radius 1 is 1.50 bits per heavy atom. The molecule has 0 bridgehead atoms. The van der Waals surface area contributed by atoms with E-state index in [9.17, 15) is 8.78 Å². The molecule has 84 valence electrons. The van der Waals surface area contributed by atoms with Crippen molar-refractivity contribution in [2.24, 2.45) is 5.73 Å². The number of halogens is 2. The number of ether oxygens (including phenoxy) is 2. The number of methoxy groups -OCH3 is 1. The molecular weight excluding hydrogens is 192 g/mol. The Hall–Kier alpha value is -0.260. The summed E-state index contributed by atoms with van der Waals surface area (Å²) in [5.74, 6) is -3.01. The Balaban J connectivity index is 2.78. The molecule has 0 radical (unpaired) electrons. The first kappa shape index (κ1) is 11.8. The van der Waals surface area contributed by atoms with Crippen LogP contribution in [0.5, 0.6) is 0 Å². The molecule has 1 fully saturated rings. The maximum Gasteiger partial charge on any atom is 0.290 e. The lowest BCUT2D eigenvalue weighted by atomic mass is 9.88. The van der Waals surface area contributed by atoms with Crippen LogP contribution in [0.1, 0.15) is 19.3 Å². The van der Waals surface area contributed by atoms with E-state index >= 15 is 0 Å². The first-order chi connectivity index (χ1) is 6.58. The van der Waals surface area contributed by atoms with E-state index < -0.39 is 18.1 Å². The zero-order valence-electron chi connectivity index (χ0n) is 8.39. The van der Waals surface area contributed by atoms with Gasteiger partial charge in [-0.05, 0) is 19.3 Å². The predicted molar refractivity (Wildman–Crippen MR) is 48.4 cm³/mol. The molecule has 1 aliphatic heterocycles. The van der Waals surface area contributed by atoms with E-state index in [1.165, 1.54) is 7.11 Å². The van der Waals surface area contributed by atoms with Crippen molar-refractivity contribution in [2.45, 2.75) is 30.8 Å². The zero-order valence-corrected chi connectivity index (χ0v) is 8.39. The van der Waals surface area contributed by atoms with Gasteiger partial charge in [0.05, 0.1) is 13.2 Å². The van der Waals surface area contributed by atoms with Crippen molar-refractivity contribution in [3.05, 3.63) is 0 Å². The van der Waals surface area contributed by atoms with Crippen LogP contribution in [-0.4, -0.2) is 38.4 Å². The van der Waals surface area contributed by atoms with Crippen LogP contribution in [0.2, 0.25) is 0 Å². The van der Waals surface area contributed by atoms with Gasteiger partial charge in [0, 0.05) is 13.7 Å². The molecule has 1 heterocycles. The van der Waals surface area contributed by atoms with E-state index in [1.54, 1.807) is 0 Å². The lowest BCUT2D eigenvalue weighted by Crippen LogP contribution is -2.58. The summed E-state index contributed by atoms with van der Waals surface area (Å²) in [6, 6.07) is 0. The van der Waals surface area contributed by atoms with E-state index in [1.807, 2.05) is 0 Å². The Morgan fingerprint density at radius 3 is 2.64 bits per heavy atom. The summed E-state index contributed by atoms with van der Waals surface area (Å²) in [5.41, 5.74) is 3.56. The van der Waals surface area contributed by atoms with E-state index in [0.29, 0.717) is 13.0 Å². The fraction of sp³-hybridized carbons (Fsp3) is 1.00. The van der Waals surface area contributed by atoms with Gasteiger partial charge in [0.2, 0.25) is 0 Å². The molecule has 1 aliphatic rings. The predicted octanol–water partition coefficient (Wildman–Crippen LogP) is 1.17. The second-order valence-electron chi connectivity index (χ2n) is 3.64. The number of nitrogens with two attached hydrogens (primary N) is 1. The van der Waals surface area contributed by atoms with Gasteiger partial charge in [-0.3, -0.25) is 0 Å². The van der Waals surface area contributed by atoms with E-state index in [2.05, 4.69) is 0 Å². The fourth-order valence-corrected chi connectivity index (χ4v) is 1.78. The Morgan fingerprint density at radius 2 is 2.21 bits per heavy atom. The average Bonchev–Trinajstić information content (AvgIpc) is 2.19. The summed E-state index contributed by atoms with van der Waals surface area (Å²) in [6.45, 7) is -0.438. The quantitative estimate of drug-likeness (QED) is 0.755. The number of hydrogen-bond acceptors (Lipinski definition) is 3. The fourth-order valence-electron chi connectivity index (χ4n) is 1.78. The van der Waals surface area contributed by atoms with Gasteiger partial charge in [0.25, 0.3) is 5.92 Å². The van der Waals surface area contributed by atoms with Crippen LogP contribution in [-0.2, 0) is 9.47 Å². The SMILES string of the molecule is COCC1(C(F)(F)CN)CCCCO1. The van der Waals surface area contributed by atoms with Crippen molar-refractivity contribution in [3.63, 3.8) is 0 Å². The third-order valence-corrected chi connectivity index (χ3v) is 2.65. The van der Waals surface area contributed by atoms with Crippen LogP contribution in [0.15, 0.2) is 0 Å². The van der Waals surface area contributed by atoms with Crippen molar-refractivity contribution < 1.29 is 18.3 Å². The molecule has 1 rings (SSSR count).